The summed E-state index contributed by atoms with van der Waals surface area (Å²) in [6, 6.07) is 13.2. The minimum Gasteiger partial charge on any atom is -0.453 e. The van der Waals surface area contributed by atoms with Crippen molar-refractivity contribution in [3.8, 4) is 6.07 Å². The molecule has 4 fully saturated rings. The van der Waals surface area contributed by atoms with Gasteiger partial charge in [-0.1, -0.05) is 18.6 Å². The number of anilines is 1. The quantitative estimate of drug-likeness (QED) is 0.419. The molecule has 3 aliphatic heterocycles. The van der Waals surface area contributed by atoms with E-state index < -0.39 is 17.6 Å². The van der Waals surface area contributed by atoms with E-state index in [0.717, 1.165) is 76.8 Å². The average Bonchev–Trinajstić information content (AvgIpc) is 3.44. The molecule has 1 aliphatic carbocycles. The van der Waals surface area contributed by atoms with Crippen molar-refractivity contribution >= 4 is 11.8 Å². The fourth-order valence-corrected chi connectivity index (χ4v) is 8.46. The van der Waals surface area contributed by atoms with Gasteiger partial charge in [0.15, 0.2) is 5.67 Å². The van der Waals surface area contributed by atoms with Gasteiger partial charge in [0.1, 0.15) is 17.7 Å². The van der Waals surface area contributed by atoms with Gasteiger partial charge in [-0.2, -0.15) is 5.26 Å². The van der Waals surface area contributed by atoms with Gasteiger partial charge < -0.3 is 19.9 Å². The van der Waals surface area contributed by atoms with Crippen LogP contribution in [0.1, 0.15) is 49.7 Å². The SMILES string of the molecule is COC(=O)N[C@H]1CCC[C@@H]1[C@](CN1CCC1)(c1cccc(F)c1)C1CCN(CC2(F)CN(c3ccc(C#N)c(F)c3)C2)CC1. The van der Waals surface area contributed by atoms with E-state index in [1.165, 1.54) is 25.3 Å². The van der Waals surface area contributed by atoms with Gasteiger partial charge in [0.2, 0.25) is 0 Å². The molecule has 44 heavy (non-hydrogen) atoms. The van der Waals surface area contributed by atoms with Crippen molar-refractivity contribution in [1.82, 2.24) is 15.1 Å². The van der Waals surface area contributed by atoms with Crippen LogP contribution in [0.3, 0.4) is 0 Å². The van der Waals surface area contributed by atoms with E-state index in [0.29, 0.717) is 12.2 Å². The number of piperidine rings is 1. The van der Waals surface area contributed by atoms with E-state index in [4.69, 9.17) is 10.00 Å². The fraction of sp³-hybridized carbons (Fsp3) is 0.588. The predicted molar refractivity (Wildman–Crippen MR) is 162 cm³/mol. The van der Waals surface area contributed by atoms with Crippen molar-refractivity contribution in [2.45, 2.75) is 55.7 Å². The Kier molecular flexibility index (Phi) is 8.80. The van der Waals surface area contributed by atoms with Crippen molar-refractivity contribution in [3.63, 3.8) is 0 Å². The number of nitriles is 1. The molecule has 6 rings (SSSR count). The first kappa shape index (κ1) is 30.7. The highest BCUT2D eigenvalue weighted by Crippen LogP contribution is 2.51. The lowest BCUT2D eigenvalue weighted by atomic mass is 9.57. The molecule has 236 valence electrons. The first-order valence-electron chi connectivity index (χ1n) is 15.9. The summed E-state index contributed by atoms with van der Waals surface area (Å²) in [5.74, 6) is -0.475. The number of hydrogen-bond donors (Lipinski definition) is 1. The normalized spacial score (nSPS) is 25.4. The van der Waals surface area contributed by atoms with Gasteiger partial charge in [0.25, 0.3) is 0 Å². The molecule has 4 aliphatic rings. The van der Waals surface area contributed by atoms with E-state index in [-0.39, 0.29) is 47.8 Å². The van der Waals surface area contributed by atoms with Crippen molar-refractivity contribution < 1.29 is 22.7 Å². The van der Waals surface area contributed by atoms with Gasteiger partial charge in [-0.3, -0.25) is 4.90 Å². The van der Waals surface area contributed by atoms with Crippen LogP contribution in [0.5, 0.6) is 0 Å². The molecule has 3 saturated heterocycles. The molecule has 3 atom stereocenters. The van der Waals surface area contributed by atoms with E-state index >= 15 is 4.39 Å². The number of carbonyl (C=O) groups excluding carboxylic acids is 1. The Morgan fingerprint density at radius 2 is 1.82 bits per heavy atom. The third-order valence-electron chi connectivity index (χ3n) is 10.7. The molecule has 1 saturated carbocycles. The van der Waals surface area contributed by atoms with Gasteiger partial charge in [0, 0.05) is 30.2 Å². The summed E-state index contributed by atoms with van der Waals surface area (Å²) < 4.78 is 49.8. The van der Waals surface area contributed by atoms with Crippen LogP contribution in [0.25, 0.3) is 0 Å². The lowest BCUT2D eigenvalue weighted by molar-refractivity contribution is 0.00584. The van der Waals surface area contributed by atoms with Gasteiger partial charge in [0.05, 0.1) is 25.8 Å². The molecule has 0 unspecified atom stereocenters. The van der Waals surface area contributed by atoms with E-state index in [9.17, 15) is 13.6 Å². The second-order valence-electron chi connectivity index (χ2n) is 13.3. The molecule has 2 aromatic carbocycles. The Morgan fingerprint density at radius 1 is 1.05 bits per heavy atom. The number of nitrogens with zero attached hydrogens (tertiary/aromatic N) is 4. The van der Waals surface area contributed by atoms with Crippen LogP contribution in [0.4, 0.5) is 23.7 Å². The highest BCUT2D eigenvalue weighted by Gasteiger charge is 2.53. The second kappa shape index (κ2) is 12.6. The van der Waals surface area contributed by atoms with Crippen LogP contribution in [0.2, 0.25) is 0 Å². The van der Waals surface area contributed by atoms with Crippen LogP contribution < -0.4 is 10.2 Å². The van der Waals surface area contributed by atoms with Crippen LogP contribution in [0, 0.1) is 34.8 Å². The molecular formula is C34H42F3N5O2. The Balaban J connectivity index is 1.19. The maximum atomic E-state index is 15.9. The summed E-state index contributed by atoms with van der Waals surface area (Å²) in [5, 5.41) is 12.1. The summed E-state index contributed by atoms with van der Waals surface area (Å²) in [6.07, 6.45) is 5.22. The molecule has 3 heterocycles. The Labute approximate surface area is 257 Å². The lowest BCUT2D eigenvalue weighted by Crippen LogP contribution is -2.65. The molecule has 2 aromatic rings. The standard InChI is InChI=1S/C34H42F3N5O2/c1-44-32(43)39-31-8-3-7-29(31)34(23-40-13-4-14-40,26-5-2-6-27(35)17-26)25-11-15-41(16-12-25)20-33(37)21-42(22-33)28-10-9-24(19-38)30(36)18-28/h2,5-6,9-10,17-18,25,29,31H,3-4,7-8,11-16,20-23H2,1H3,(H,39,43)/t29-,31-,34-/m0/s1. The first-order valence-corrected chi connectivity index (χ1v) is 15.9. The molecule has 0 radical (unpaired) electrons. The van der Waals surface area contributed by atoms with Crippen LogP contribution in [-0.2, 0) is 10.2 Å². The van der Waals surface area contributed by atoms with Crippen molar-refractivity contribution in [2.24, 2.45) is 11.8 Å². The topological polar surface area (TPSA) is 71.8 Å². The van der Waals surface area contributed by atoms with Crippen LogP contribution in [-0.4, -0.2) is 87.1 Å². The third kappa shape index (κ3) is 6.01. The number of alkyl halides is 1. The Morgan fingerprint density at radius 3 is 2.45 bits per heavy atom. The zero-order valence-corrected chi connectivity index (χ0v) is 25.4. The number of likely N-dealkylation sites (tertiary alicyclic amines) is 2. The molecule has 0 bridgehead atoms. The van der Waals surface area contributed by atoms with Crippen molar-refractivity contribution in [3.05, 3.63) is 65.2 Å². The molecule has 1 N–H and O–H groups in total. The fourth-order valence-electron chi connectivity index (χ4n) is 8.46. The number of nitrogens with one attached hydrogen (secondary N) is 1. The van der Waals surface area contributed by atoms with Crippen molar-refractivity contribution in [1.29, 1.82) is 5.26 Å². The predicted octanol–water partition coefficient (Wildman–Crippen LogP) is 5.25. The summed E-state index contributed by atoms with van der Waals surface area (Å²) in [7, 11) is 1.39. The molecule has 1 amide bonds. The molecule has 0 spiro atoms. The summed E-state index contributed by atoms with van der Waals surface area (Å²) in [4.78, 5) is 18.9. The van der Waals surface area contributed by atoms with Gasteiger partial charge >= 0.3 is 6.09 Å². The monoisotopic (exact) mass is 609 g/mol. The van der Waals surface area contributed by atoms with Crippen molar-refractivity contribution in [2.75, 3.05) is 64.4 Å². The van der Waals surface area contributed by atoms with E-state index in [2.05, 4.69) is 21.2 Å². The largest absolute Gasteiger partial charge is 0.453 e. The highest BCUT2D eigenvalue weighted by atomic mass is 19.1. The number of halogens is 3. The lowest BCUT2D eigenvalue weighted by Gasteiger charge is -2.54. The maximum Gasteiger partial charge on any atom is 0.407 e. The number of rotatable bonds is 9. The van der Waals surface area contributed by atoms with Crippen LogP contribution >= 0.6 is 0 Å². The first-order chi connectivity index (χ1) is 21.2. The molecule has 7 nitrogen and oxygen atoms in total. The summed E-state index contributed by atoms with van der Waals surface area (Å²) in [5.41, 5.74) is -0.187. The number of benzene rings is 2. The summed E-state index contributed by atoms with van der Waals surface area (Å²) >= 11 is 0. The number of carbonyl (C=O) groups is 1. The zero-order valence-electron chi connectivity index (χ0n) is 25.4. The van der Waals surface area contributed by atoms with Crippen LogP contribution in [0.15, 0.2) is 42.5 Å². The molecule has 10 heteroatoms. The number of ether oxygens (including phenoxy) is 1. The smallest absolute Gasteiger partial charge is 0.407 e. The number of methoxy groups -OCH3 is 1. The van der Waals surface area contributed by atoms with E-state index in [1.54, 1.807) is 18.2 Å². The Hall–Kier alpha value is -3.29. The minimum absolute atomic E-state index is 0.0166. The zero-order chi connectivity index (χ0) is 30.9. The Bertz CT molecular complexity index is 1380. The minimum atomic E-state index is -1.39. The number of hydrogen-bond acceptors (Lipinski definition) is 6. The molecular weight excluding hydrogens is 567 g/mol. The highest BCUT2D eigenvalue weighted by molar-refractivity contribution is 5.67. The second-order valence-corrected chi connectivity index (χ2v) is 13.3. The maximum absolute atomic E-state index is 15.9. The molecule has 0 aromatic heterocycles. The third-order valence-corrected chi connectivity index (χ3v) is 10.7. The van der Waals surface area contributed by atoms with Gasteiger partial charge in [-0.25, -0.2) is 18.0 Å². The van der Waals surface area contributed by atoms with E-state index in [1.807, 2.05) is 11.0 Å². The average molecular weight is 610 g/mol. The van der Waals surface area contributed by atoms with Gasteiger partial charge in [-0.05, 0) is 106 Å². The number of alkyl carbamates (subject to hydrolysis) is 1. The number of amides is 1. The summed E-state index contributed by atoms with van der Waals surface area (Å²) in [6.45, 7) is 5.00. The van der Waals surface area contributed by atoms with Gasteiger partial charge in [-0.15, -0.1) is 0 Å².